The van der Waals surface area contributed by atoms with Gasteiger partial charge in [-0.15, -0.1) is 10.2 Å². The Morgan fingerprint density at radius 3 is 2.39 bits per heavy atom. The van der Waals surface area contributed by atoms with Gasteiger partial charge >= 0.3 is 12.1 Å². The first kappa shape index (κ1) is 22.3. The molecule has 0 radical (unpaired) electrons. The maximum absolute atomic E-state index is 12.7. The van der Waals surface area contributed by atoms with Crippen molar-refractivity contribution in [1.82, 2.24) is 15.1 Å². The first-order valence-corrected chi connectivity index (χ1v) is 10.4. The molecule has 4 rings (SSSR count). The number of halogens is 3. The highest BCUT2D eigenvalue weighted by Crippen LogP contribution is 2.23. The van der Waals surface area contributed by atoms with E-state index in [1.54, 1.807) is 12.1 Å². The summed E-state index contributed by atoms with van der Waals surface area (Å²) in [5.41, 5.74) is 4.04. The van der Waals surface area contributed by atoms with E-state index in [0.29, 0.717) is 31.0 Å². The highest BCUT2D eigenvalue weighted by atomic mass is 19.4. The fourth-order valence-corrected chi connectivity index (χ4v) is 3.52. The lowest BCUT2D eigenvalue weighted by atomic mass is 10.0. The number of nitrogens with zero attached hydrogens (tertiary/aromatic N) is 3. The van der Waals surface area contributed by atoms with Crippen LogP contribution >= 0.6 is 0 Å². The predicted molar refractivity (Wildman–Crippen MR) is 115 cm³/mol. The number of ether oxygens (including phenoxy) is 1. The number of carbonyl (C=O) groups excluding carboxylic acids is 1. The molecule has 0 fully saturated rings. The SMILES string of the molecule is O=C(N1CCc2ccc(C#Cc3ccc(OCc4ccccc4)nn3)cc2CC1)C(F)(F)F. The fraction of sp³-hybridized carbons (Fsp3) is 0.240. The number of hydrogen-bond donors (Lipinski definition) is 0. The van der Waals surface area contributed by atoms with Crippen LogP contribution in [0.5, 0.6) is 5.88 Å². The van der Waals surface area contributed by atoms with Crippen molar-refractivity contribution in [2.45, 2.75) is 25.6 Å². The van der Waals surface area contributed by atoms with E-state index in [0.717, 1.165) is 27.2 Å². The highest BCUT2D eigenvalue weighted by molar-refractivity contribution is 5.82. The lowest BCUT2D eigenvalue weighted by Gasteiger charge is -2.21. The molecule has 1 aromatic heterocycles. The van der Waals surface area contributed by atoms with Crippen LogP contribution in [-0.2, 0) is 24.2 Å². The minimum atomic E-state index is -4.85. The minimum Gasteiger partial charge on any atom is -0.472 e. The summed E-state index contributed by atoms with van der Waals surface area (Å²) in [6, 6.07) is 18.7. The van der Waals surface area contributed by atoms with E-state index in [1.165, 1.54) is 0 Å². The van der Waals surface area contributed by atoms with Crippen LogP contribution in [0.15, 0.2) is 60.7 Å². The van der Waals surface area contributed by atoms with Gasteiger partial charge in [0.1, 0.15) is 12.3 Å². The number of rotatable bonds is 3. The Hall–Kier alpha value is -3.86. The summed E-state index contributed by atoms with van der Waals surface area (Å²) in [6.45, 7) is 0.463. The second-order valence-corrected chi connectivity index (χ2v) is 7.55. The average Bonchev–Trinajstić information content (AvgIpc) is 3.04. The Balaban J connectivity index is 1.39. The van der Waals surface area contributed by atoms with Crippen LogP contribution in [0.1, 0.15) is 27.9 Å². The Bertz CT molecular complexity index is 1180. The molecule has 0 saturated heterocycles. The van der Waals surface area contributed by atoms with Crippen LogP contribution in [0, 0.1) is 11.8 Å². The molecule has 3 aromatic rings. The maximum Gasteiger partial charge on any atom is 0.471 e. The second kappa shape index (κ2) is 9.74. The van der Waals surface area contributed by atoms with Crippen molar-refractivity contribution in [3.8, 4) is 17.7 Å². The van der Waals surface area contributed by atoms with Crippen LogP contribution in [0.4, 0.5) is 13.2 Å². The molecule has 0 bridgehead atoms. The molecule has 0 spiro atoms. The Morgan fingerprint density at radius 2 is 1.70 bits per heavy atom. The van der Waals surface area contributed by atoms with Crippen molar-refractivity contribution in [2.24, 2.45) is 0 Å². The van der Waals surface area contributed by atoms with Crippen LogP contribution in [0.2, 0.25) is 0 Å². The standard InChI is InChI=1S/C25H20F3N3O2/c26-25(27,28)24(32)31-14-12-20-8-6-18(16-21(20)13-15-31)7-9-22-10-11-23(30-29-22)33-17-19-4-2-1-3-5-19/h1-6,8,10-11,16H,12-15,17H2. The van der Waals surface area contributed by atoms with E-state index in [9.17, 15) is 18.0 Å². The van der Waals surface area contributed by atoms with Crippen molar-refractivity contribution < 1.29 is 22.7 Å². The molecular formula is C25H20F3N3O2. The highest BCUT2D eigenvalue weighted by Gasteiger charge is 2.42. The molecule has 1 aliphatic heterocycles. The molecule has 0 atom stereocenters. The zero-order chi connectivity index (χ0) is 23.3. The van der Waals surface area contributed by atoms with E-state index in [-0.39, 0.29) is 13.1 Å². The summed E-state index contributed by atoms with van der Waals surface area (Å²) in [5.74, 6) is 4.56. The smallest absolute Gasteiger partial charge is 0.471 e. The van der Waals surface area contributed by atoms with Gasteiger partial charge in [0.05, 0.1) is 0 Å². The molecule has 0 unspecified atom stereocenters. The van der Waals surface area contributed by atoms with Gasteiger partial charge in [0.15, 0.2) is 0 Å². The van der Waals surface area contributed by atoms with Crippen molar-refractivity contribution in [2.75, 3.05) is 13.1 Å². The van der Waals surface area contributed by atoms with Gasteiger partial charge in [0.25, 0.3) is 0 Å². The summed E-state index contributed by atoms with van der Waals surface area (Å²) in [7, 11) is 0. The van der Waals surface area contributed by atoms with Crippen molar-refractivity contribution in [3.63, 3.8) is 0 Å². The predicted octanol–water partition coefficient (Wildman–Crippen LogP) is 3.94. The second-order valence-electron chi connectivity index (χ2n) is 7.55. The van der Waals surface area contributed by atoms with Gasteiger partial charge < -0.3 is 9.64 Å². The van der Waals surface area contributed by atoms with Crippen LogP contribution < -0.4 is 4.74 Å². The first-order chi connectivity index (χ1) is 15.9. The Kier molecular flexibility index (Phi) is 6.59. The molecular weight excluding hydrogens is 431 g/mol. The number of hydrogen-bond acceptors (Lipinski definition) is 4. The average molecular weight is 451 g/mol. The van der Waals surface area contributed by atoms with Crippen LogP contribution in [0.3, 0.4) is 0 Å². The van der Waals surface area contributed by atoms with Crippen molar-refractivity contribution in [1.29, 1.82) is 0 Å². The molecule has 1 amide bonds. The number of carbonyl (C=O) groups is 1. The zero-order valence-electron chi connectivity index (χ0n) is 17.6. The van der Waals surface area contributed by atoms with Crippen molar-refractivity contribution in [3.05, 3.63) is 88.6 Å². The monoisotopic (exact) mass is 451 g/mol. The molecule has 8 heteroatoms. The van der Waals surface area contributed by atoms with E-state index >= 15 is 0 Å². The largest absolute Gasteiger partial charge is 0.472 e. The third kappa shape index (κ3) is 5.89. The van der Waals surface area contributed by atoms with E-state index < -0.39 is 12.1 Å². The van der Waals surface area contributed by atoms with Gasteiger partial charge in [-0.05, 0) is 53.7 Å². The molecule has 0 N–H and O–H groups in total. The number of alkyl halides is 3. The Labute approximate surface area is 189 Å². The molecule has 168 valence electrons. The van der Waals surface area contributed by atoms with Crippen LogP contribution in [-0.4, -0.2) is 40.3 Å². The maximum atomic E-state index is 12.7. The summed E-state index contributed by atoms with van der Waals surface area (Å²) in [4.78, 5) is 12.4. The van der Waals surface area contributed by atoms with E-state index in [1.807, 2.05) is 48.5 Å². The molecule has 2 aromatic carbocycles. The van der Waals surface area contributed by atoms with Gasteiger partial charge in [-0.2, -0.15) is 13.2 Å². The van der Waals surface area contributed by atoms with Gasteiger partial charge in [0, 0.05) is 24.7 Å². The van der Waals surface area contributed by atoms with Gasteiger partial charge in [-0.1, -0.05) is 42.3 Å². The normalized spacial score (nSPS) is 13.4. The lowest BCUT2D eigenvalue weighted by molar-refractivity contribution is -0.185. The lowest BCUT2D eigenvalue weighted by Crippen LogP contribution is -2.42. The number of amides is 1. The fourth-order valence-electron chi connectivity index (χ4n) is 3.52. The molecule has 0 aliphatic carbocycles. The van der Waals surface area contributed by atoms with E-state index in [4.69, 9.17) is 4.74 Å². The van der Waals surface area contributed by atoms with Crippen LogP contribution in [0.25, 0.3) is 0 Å². The van der Waals surface area contributed by atoms with E-state index in [2.05, 4.69) is 22.0 Å². The molecule has 1 aliphatic rings. The molecule has 33 heavy (non-hydrogen) atoms. The van der Waals surface area contributed by atoms with Gasteiger partial charge in [-0.25, -0.2) is 0 Å². The Morgan fingerprint density at radius 1 is 0.939 bits per heavy atom. The molecule has 2 heterocycles. The van der Waals surface area contributed by atoms with Crippen molar-refractivity contribution >= 4 is 5.91 Å². The molecule has 0 saturated carbocycles. The van der Waals surface area contributed by atoms with Gasteiger partial charge in [0.2, 0.25) is 5.88 Å². The summed E-state index contributed by atoms with van der Waals surface area (Å²) in [6.07, 6.45) is -4.13. The number of benzene rings is 2. The quantitative estimate of drug-likeness (QED) is 0.566. The third-order valence-corrected chi connectivity index (χ3v) is 5.24. The number of aromatic nitrogens is 2. The third-order valence-electron chi connectivity index (χ3n) is 5.24. The molecule has 5 nitrogen and oxygen atoms in total. The first-order valence-electron chi connectivity index (χ1n) is 10.4. The summed E-state index contributed by atoms with van der Waals surface area (Å²) in [5, 5.41) is 8.09. The minimum absolute atomic E-state index is 0.0259. The summed E-state index contributed by atoms with van der Waals surface area (Å²) < 4.78 is 43.8. The number of fused-ring (bicyclic) bond motifs is 1. The topological polar surface area (TPSA) is 55.3 Å². The summed E-state index contributed by atoms with van der Waals surface area (Å²) >= 11 is 0. The zero-order valence-corrected chi connectivity index (χ0v) is 17.6. The van der Waals surface area contributed by atoms with Gasteiger partial charge in [-0.3, -0.25) is 4.79 Å².